The van der Waals surface area contributed by atoms with Gasteiger partial charge >= 0.3 is 11.9 Å². The molecule has 0 saturated carbocycles. The van der Waals surface area contributed by atoms with Crippen LogP contribution >= 0.6 is 0 Å². The predicted molar refractivity (Wildman–Crippen MR) is 135 cm³/mol. The van der Waals surface area contributed by atoms with Crippen LogP contribution in [0.2, 0.25) is 0 Å². The molecule has 9 nitrogen and oxygen atoms in total. The van der Waals surface area contributed by atoms with E-state index in [1.54, 1.807) is 67.8 Å². The number of methoxy groups -OCH3 is 3. The Morgan fingerprint density at radius 3 is 2.55 bits per heavy atom. The lowest BCUT2D eigenvalue weighted by Crippen LogP contribution is -2.22. The van der Waals surface area contributed by atoms with Gasteiger partial charge < -0.3 is 28.4 Å². The third kappa shape index (κ3) is 4.54. The zero-order valence-electron chi connectivity index (χ0n) is 20.9. The summed E-state index contributed by atoms with van der Waals surface area (Å²) in [5, 5.41) is 0. The Bertz CT molecular complexity index is 1470. The molecule has 5 rings (SSSR count). The van der Waals surface area contributed by atoms with Crippen LogP contribution in [0.15, 0.2) is 60.4 Å². The molecular weight excluding hydrogens is 492 g/mol. The molecule has 0 spiro atoms. The van der Waals surface area contributed by atoms with E-state index in [1.807, 2.05) is 0 Å². The van der Waals surface area contributed by atoms with Gasteiger partial charge in [0, 0.05) is 28.7 Å². The maximum atomic E-state index is 13.4. The molecule has 0 saturated heterocycles. The molecule has 0 aliphatic carbocycles. The van der Waals surface area contributed by atoms with Crippen LogP contribution < -0.4 is 23.7 Å². The van der Waals surface area contributed by atoms with Crippen LogP contribution in [0.4, 0.5) is 0 Å². The van der Waals surface area contributed by atoms with Crippen molar-refractivity contribution in [3.63, 3.8) is 0 Å². The molecule has 3 aromatic rings. The highest BCUT2D eigenvalue weighted by molar-refractivity contribution is 6.15. The minimum atomic E-state index is -0.544. The largest absolute Gasteiger partial charge is 0.497 e. The second-order valence-electron chi connectivity index (χ2n) is 8.54. The third-order valence-corrected chi connectivity index (χ3v) is 6.37. The van der Waals surface area contributed by atoms with E-state index in [2.05, 4.69) is 4.74 Å². The molecule has 9 heteroatoms. The lowest BCUT2D eigenvalue weighted by molar-refractivity contribution is -0.143. The lowest BCUT2D eigenvalue weighted by Gasteiger charge is -2.27. The van der Waals surface area contributed by atoms with Crippen LogP contribution in [-0.2, 0) is 14.3 Å². The molecule has 0 unspecified atom stereocenters. The summed E-state index contributed by atoms with van der Waals surface area (Å²) < 4.78 is 32.7. The fourth-order valence-corrected chi connectivity index (χ4v) is 4.55. The molecule has 1 atom stereocenters. The van der Waals surface area contributed by atoms with Gasteiger partial charge in [-0.25, -0.2) is 4.79 Å². The maximum Gasteiger partial charge on any atom is 0.343 e. The minimum absolute atomic E-state index is 0.00898. The number of para-hydroxylation sites is 1. The highest BCUT2D eigenvalue weighted by Gasteiger charge is 2.39. The molecule has 0 N–H and O–H groups in total. The van der Waals surface area contributed by atoms with Crippen molar-refractivity contribution >= 4 is 23.8 Å². The number of hydrogen-bond donors (Lipinski definition) is 0. The van der Waals surface area contributed by atoms with Crippen LogP contribution in [0.25, 0.3) is 6.08 Å². The zero-order valence-corrected chi connectivity index (χ0v) is 20.9. The monoisotopic (exact) mass is 516 g/mol. The number of ketones is 1. The summed E-state index contributed by atoms with van der Waals surface area (Å²) >= 11 is 0. The van der Waals surface area contributed by atoms with E-state index >= 15 is 0 Å². The van der Waals surface area contributed by atoms with Crippen molar-refractivity contribution in [3.05, 3.63) is 82.6 Å². The molecule has 0 fully saturated rings. The summed E-state index contributed by atoms with van der Waals surface area (Å²) in [6.45, 7) is -0.296. The van der Waals surface area contributed by atoms with Gasteiger partial charge in [-0.05, 0) is 36.4 Å². The highest BCUT2D eigenvalue weighted by Crippen LogP contribution is 2.50. The van der Waals surface area contributed by atoms with E-state index in [9.17, 15) is 14.4 Å². The summed E-state index contributed by atoms with van der Waals surface area (Å²) in [5.41, 5.74) is 2.17. The van der Waals surface area contributed by atoms with Gasteiger partial charge in [0.1, 0.15) is 28.7 Å². The number of benzene rings is 3. The van der Waals surface area contributed by atoms with E-state index in [0.29, 0.717) is 51.0 Å². The molecule has 194 valence electrons. The topological polar surface area (TPSA) is 107 Å². The van der Waals surface area contributed by atoms with Gasteiger partial charge in [-0.3, -0.25) is 9.59 Å². The number of carbonyl (C=O) groups is 3. The van der Waals surface area contributed by atoms with Gasteiger partial charge in [-0.1, -0.05) is 18.2 Å². The van der Waals surface area contributed by atoms with Crippen molar-refractivity contribution in [3.8, 4) is 28.7 Å². The van der Waals surface area contributed by atoms with Crippen molar-refractivity contribution in [2.75, 3.05) is 27.9 Å². The number of rotatable bonds is 7. The first-order valence-corrected chi connectivity index (χ1v) is 11.8. The average molecular weight is 517 g/mol. The molecule has 0 radical (unpaired) electrons. The Hall–Kier alpha value is -4.79. The second-order valence-corrected chi connectivity index (χ2v) is 8.54. The van der Waals surface area contributed by atoms with Crippen LogP contribution in [0, 0.1) is 0 Å². The fraction of sp³-hybridized carbons (Fsp3) is 0.207. The standard InChI is InChI=1S/C29H24O9/c1-33-17-9-8-16(23(13-17)34-2)12-24-28(32)19-10-11-22-27(29(19)38-24)20(14-25(30)37-22)18-6-4-5-7-21(18)36-15-26(31)35-3/h4-13,20H,14-15H2,1-3H3/b24-12-/t20-/m1/s1. The molecule has 2 aliphatic rings. The predicted octanol–water partition coefficient (Wildman–Crippen LogP) is 4.31. The van der Waals surface area contributed by atoms with Crippen molar-refractivity contribution in [1.82, 2.24) is 0 Å². The number of Topliss-reactive ketones (excluding diaryl/α,β-unsaturated/α-hetero) is 1. The second kappa shape index (κ2) is 10.3. The molecule has 0 bridgehead atoms. The summed E-state index contributed by atoms with van der Waals surface area (Å²) in [6.07, 6.45) is 1.59. The first-order valence-electron chi connectivity index (χ1n) is 11.8. The molecule has 3 aromatic carbocycles. The molecular formula is C29H24O9. The van der Waals surface area contributed by atoms with Gasteiger partial charge in [0.2, 0.25) is 5.78 Å². The maximum absolute atomic E-state index is 13.4. The molecule has 0 aromatic heterocycles. The van der Waals surface area contributed by atoms with E-state index in [0.717, 1.165) is 0 Å². The van der Waals surface area contributed by atoms with Crippen LogP contribution in [0.1, 0.15) is 39.4 Å². The van der Waals surface area contributed by atoms with Gasteiger partial charge in [0.25, 0.3) is 0 Å². The van der Waals surface area contributed by atoms with Gasteiger partial charge in [0.05, 0.1) is 33.3 Å². The van der Waals surface area contributed by atoms with E-state index in [4.69, 9.17) is 23.7 Å². The Labute approximate surface area is 218 Å². The van der Waals surface area contributed by atoms with Crippen LogP contribution in [-0.4, -0.2) is 45.7 Å². The smallest absolute Gasteiger partial charge is 0.343 e. The normalized spacial score (nSPS) is 16.7. The van der Waals surface area contributed by atoms with E-state index in [-0.39, 0.29) is 24.6 Å². The van der Waals surface area contributed by atoms with Crippen molar-refractivity contribution in [1.29, 1.82) is 0 Å². The highest BCUT2D eigenvalue weighted by atomic mass is 16.6. The van der Waals surface area contributed by atoms with E-state index < -0.39 is 17.9 Å². The molecule has 2 aliphatic heterocycles. The lowest BCUT2D eigenvalue weighted by atomic mass is 9.84. The van der Waals surface area contributed by atoms with Crippen molar-refractivity contribution in [2.24, 2.45) is 0 Å². The SMILES string of the molecule is COC(=O)COc1ccccc1[C@H]1CC(=O)Oc2ccc3c(c21)O/C(=C\c1ccc(OC)cc1OC)C3=O. The summed E-state index contributed by atoms with van der Waals surface area (Å²) in [4.78, 5) is 37.6. The van der Waals surface area contributed by atoms with Crippen LogP contribution in [0.3, 0.4) is 0 Å². The van der Waals surface area contributed by atoms with Crippen molar-refractivity contribution < 1.29 is 42.8 Å². The first-order chi connectivity index (χ1) is 18.4. The Kier molecular flexibility index (Phi) is 6.74. The number of esters is 2. The van der Waals surface area contributed by atoms with Crippen molar-refractivity contribution in [2.45, 2.75) is 12.3 Å². The number of fused-ring (bicyclic) bond motifs is 3. The molecule has 0 amide bonds. The fourth-order valence-electron chi connectivity index (χ4n) is 4.55. The van der Waals surface area contributed by atoms with Gasteiger partial charge in [0.15, 0.2) is 12.4 Å². The average Bonchev–Trinajstić information content (AvgIpc) is 3.26. The van der Waals surface area contributed by atoms with Gasteiger partial charge in [-0.2, -0.15) is 0 Å². The first kappa shape index (κ1) is 24.9. The zero-order chi connectivity index (χ0) is 26.8. The molecule has 38 heavy (non-hydrogen) atoms. The number of ether oxygens (including phenoxy) is 6. The summed E-state index contributed by atoms with van der Waals surface area (Å²) in [7, 11) is 4.35. The van der Waals surface area contributed by atoms with Gasteiger partial charge in [-0.15, -0.1) is 0 Å². The number of hydrogen-bond acceptors (Lipinski definition) is 9. The molecule has 2 heterocycles. The third-order valence-electron chi connectivity index (χ3n) is 6.37. The van der Waals surface area contributed by atoms with Crippen LogP contribution in [0.5, 0.6) is 28.7 Å². The Morgan fingerprint density at radius 2 is 1.79 bits per heavy atom. The number of carbonyl (C=O) groups excluding carboxylic acids is 3. The van der Waals surface area contributed by atoms with E-state index in [1.165, 1.54) is 14.2 Å². The number of allylic oxidation sites excluding steroid dienone is 1. The summed E-state index contributed by atoms with van der Waals surface area (Å²) in [5.74, 6) is 0.397. The Morgan fingerprint density at radius 1 is 0.974 bits per heavy atom. The Balaban J connectivity index is 1.57. The quantitative estimate of drug-likeness (QED) is 0.258. The minimum Gasteiger partial charge on any atom is -0.497 e. The summed E-state index contributed by atoms with van der Waals surface area (Å²) in [6, 6.07) is 15.5.